The Labute approximate surface area is 93.2 Å². The highest BCUT2D eigenvalue weighted by atomic mass is 19.4. The number of halogens is 3. The van der Waals surface area contributed by atoms with E-state index in [0.717, 1.165) is 4.90 Å². The molecule has 1 saturated heterocycles. The van der Waals surface area contributed by atoms with Crippen molar-refractivity contribution in [3.8, 4) is 0 Å². The topological polar surface area (TPSA) is 23.6 Å². The zero-order chi connectivity index (χ0) is 12.3. The van der Waals surface area contributed by atoms with Gasteiger partial charge in [0.2, 0.25) is 5.91 Å². The molecule has 0 aromatic heterocycles. The minimum Gasteiger partial charge on any atom is -0.340 e. The zero-order valence-corrected chi connectivity index (χ0v) is 9.55. The van der Waals surface area contributed by atoms with Crippen LogP contribution in [0, 0.1) is 5.92 Å². The Bertz CT molecular complexity index is 253. The van der Waals surface area contributed by atoms with Crippen molar-refractivity contribution >= 4 is 5.91 Å². The fraction of sp³-hybridized carbons (Fsp3) is 0.900. The molecular formula is C10H17F3N2O. The van der Waals surface area contributed by atoms with Crippen LogP contribution in [0.4, 0.5) is 13.2 Å². The van der Waals surface area contributed by atoms with Crippen molar-refractivity contribution < 1.29 is 18.0 Å². The second-order valence-electron chi connectivity index (χ2n) is 4.56. The van der Waals surface area contributed by atoms with Crippen LogP contribution in [0.25, 0.3) is 0 Å². The first-order valence-electron chi connectivity index (χ1n) is 5.35. The predicted molar refractivity (Wildman–Crippen MR) is 53.9 cm³/mol. The highest BCUT2D eigenvalue weighted by Crippen LogP contribution is 2.18. The van der Waals surface area contributed by atoms with Crippen LogP contribution in [0.2, 0.25) is 0 Å². The monoisotopic (exact) mass is 238 g/mol. The van der Waals surface area contributed by atoms with Gasteiger partial charge in [0, 0.05) is 19.6 Å². The van der Waals surface area contributed by atoms with E-state index >= 15 is 0 Å². The molecule has 94 valence electrons. The molecule has 1 aliphatic heterocycles. The minimum atomic E-state index is -4.22. The maximum absolute atomic E-state index is 12.1. The molecule has 0 aromatic carbocycles. The number of piperazine rings is 1. The van der Waals surface area contributed by atoms with Crippen molar-refractivity contribution in [2.75, 3.05) is 32.7 Å². The summed E-state index contributed by atoms with van der Waals surface area (Å²) >= 11 is 0. The van der Waals surface area contributed by atoms with Gasteiger partial charge < -0.3 is 4.90 Å². The van der Waals surface area contributed by atoms with Crippen LogP contribution < -0.4 is 0 Å². The van der Waals surface area contributed by atoms with E-state index in [4.69, 9.17) is 0 Å². The Kier molecular flexibility index (Phi) is 4.18. The quantitative estimate of drug-likeness (QED) is 0.741. The third kappa shape index (κ3) is 4.38. The van der Waals surface area contributed by atoms with Gasteiger partial charge in [-0.2, -0.15) is 13.2 Å². The van der Waals surface area contributed by atoms with E-state index < -0.39 is 12.7 Å². The lowest BCUT2D eigenvalue weighted by molar-refractivity contribution is -0.157. The lowest BCUT2D eigenvalue weighted by atomic mass is 10.2. The zero-order valence-electron chi connectivity index (χ0n) is 9.55. The molecule has 0 unspecified atom stereocenters. The van der Waals surface area contributed by atoms with E-state index in [1.54, 1.807) is 4.90 Å². The Morgan fingerprint density at radius 1 is 1.31 bits per heavy atom. The summed E-state index contributed by atoms with van der Waals surface area (Å²) in [7, 11) is 0. The van der Waals surface area contributed by atoms with Gasteiger partial charge in [-0.25, -0.2) is 0 Å². The molecule has 0 bridgehead atoms. The number of carbonyl (C=O) groups excluding carboxylic acids is 1. The average molecular weight is 238 g/mol. The van der Waals surface area contributed by atoms with Crippen LogP contribution in [0.5, 0.6) is 0 Å². The third-order valence-corrected chi connectivity index (χ3v) is 2.39. The van der Waals surface area contributed by atoms with Crippen molar-refractivity contribution in [2.45, 2.75) is 20.0 Å². The van der Waals surface area contributed by atoms with E-state index in [2.05, 4.69) is 0 Å². The Morgan fingerprint density at radius 3 is 2.38 bits per heavy atom. The molecule has 16 heavy (non-hydrogen) atoms. The van der Waals surface area contributed by atoms with Crippen LogP contribution >= 0.6 is 0 Å². The van der Waals surface area contributed by atoms with Gasteiger partial charge in [0.1, 0.15) is 0 Å². The van der Waals surface area contributed by atoms with Gasteiger partial charge in [0.15, 0.2) is 0 Å². The highest BCUT2D eigenvalue weighted by Gasteiger charge is 2.34. The predicted octanol–water partition coefficient (Wildman–Crippen LogP) is 1.35. The molecule has 1 heterocycles. The summed E-state index contributed by atoms with van der Waals surface area (Å²) in [6, 6.07) is 0. The fourth-order valence-corrected chi connectivity index (χ4v) is 1.78. The van der Waals surface area contributed by atoms with Crippen molar-refractivity contribution in [1.29, 1.82) is 0 Å². The number of rotatable bonds is 3. The van der Waals surface area contributed by atoms with E-state index in [9.17, 15) is 18.0 Å². The highest BCUT2D eigenvalue weighted by molar-refractivity contribution is 5.79. The lowest BCUT2D eigenvalue weighted by Gasteiger charge is -2.35. The van der Waals surface area contributed by atoms with Gasteiger partial charge in [-0.1, -0.05) is 13.8 Å². The molecule has 0 saturated carbocycles. The molecule has 3 nitrogen and oxygen atoms in total. The molecule has 0 N–H and O–H groups in total. The van der Waals surface area contributed by atoms with Gasteiger partial charge in [0.25, 0.3) is 0 Å². The maximum atomic E-state index is 12.1. The molecule has 0 atom stereocenters. The summed E-state index contributed by atoms with van der Waals surface area (Å²) < 4.78 is 36.3. The van der Waals surface area contributed by atoms with Gasteiger partial charge in [-0.15, -0.1) is 0 Å². The summed E-state index contributed by atoms with van der Waals surface area (Å²) in [6.07, 6.45) is -4.22. The van der Waals surface area contributed by atoms with Crippen LogP contribution in [-0.2, 0) is 4.79 Å². The number of amides is 1. The molecule has 6 heteroatoms. The van der Waals surface area contributed by atoms with E-state index in [-0.39, 0.29) is 12.5 Å². The molecule has 0 aliphatic carbocycles. The van der Waals surface area contributed by atoms with Crippen LogP contribution in [-0.4, -0.2) is 54.6 Å². The minimum absolute atomic E-state index is 0.119. The first-order valence-corrected chi connectivity index (χ1v) is 5.35. The van der Waals surface area contributed by atoms with Crippen molar-refractivity contribution in [3.05, 3.63) is 0 Å². The smallest absolute Gasteiger partial charge is 0.340 e. The van der Waals surface area contributed by atoms with Crippen LogP contribution in [0.15, 0.2) is 0 Å². The van der Waals surface area contributed by atoms with Crippen LogP contribution in [0.1, 0.15) is 13.8 Å². The number of alkyl halides is 3. The van der Waals surface area contributed by atoms with Gasteiger partial charge in [-0.3, -0.25) is 9.69 Å². The SMILES string of the molecule is CC(C)CN1CCN(CC(F)(F)F)CC1=O. The third-order valence-electron chi connectivity index (χ3n) is 2.39. The Morgan fingerprint density at radius 2 is 1.94 bits per heavy atom. The number of carbonyl (C=O) groups is 1. The van der Waals surface area contributed by atoms with Crippen molar-refractivity contribution in [3.63, 3.8) is 0 Å². The van der Waals surface area contributed by atoms with Gasteiger partial charge in [-0.05, 0) is 5.92 Å². The summed E-state index contributed by atoms with van der Waals surface area (Å²) in [5.41, 5.74) is 0. The first kappa shape index (κ1) is 13.3. The first-order chi connectivity index (χ1) is 7.28. The molecular weight excluding hydrogens is 221 g/mol. The summed E-state index contributed by atoms with van der Waals surface area (Å²) in [5.74, 6) is 0.141. The molecule has 0 spiro atoms. The fourth-order valence-electron chi connectivity index (χ4n) is 1.78. The summed E-state index contributed by atoms with van der Waals surface area (Å²) in [4.78, 5) is 14.3. The van der Waals surface area contributed by atoms with Gasteiger partial charge >= 0.3 is 6.18 Å². The standard InChI is InChI=1S/C10H17F3N2O/c1-8(2)5-15-4-3-14(6-9(15)16)7-10(11,12)13/h8H,3-7H2,1-2H3. The second kappa shape index (κ2) is 5.03. The van der Waals surface area contributed by atoms with E-state index in [1.807, 2.05) is 13.8 Å². The normalized spacial score (nSPS) is 19.6. The van der Waals surface area contributed by atoms with E-state index in [1.165, 1.54) is 0 Å². The van der Waals surface area contributed by atoms with Gasteiger partial charge in [0.05, 0.1) is 13.1 Å². The summed E-state index contributed by atoms with van der Waals surface area (Å²) in [5, 5.41) is 0. The van der Waals surface area contributed by atoms with E-state index in [0.29, 0.717) is 25.6 Å². The Hall–Kier alpha value is -0.780. The van der Waals surface area contributed by atoms with Crippen molar-refractivity contribution in [1.82, 2.24) is 9.80 Å². The number of nitrogens with zero attached hydrogens (tertiary/aromatic N) is 2. The second-order valence-corrected chi connectivity index (χ2v) is 4.56. The van der Waals surface area contributed by atoms with Crippen molar-refractivity contribution in [2.24, 2.45) is 5.92 Å². The molecule has 1 aliphatic rings. The lowest BCUT2D eigenvalue weighted by Crippen LogP contribution is -2.53. The molecule has 1 fully saturated rings. The molecule has 0 aromatic rings. The largest absolute Gasteiger partial charge is 0.401 e. The maximum Gasteiger partial charge on any atom is 0.401 e. The number of hydrogen-bond donors (Lipinski definition) is 0. The average Bonchev–Trinajstić information content (AvgIpc) is 2.06. The van der Waals surface area contributed by atoms with Crippen LogP contribution in [0.3, 0.4) is 0 Å². The molecule has 1 amide bonds. The Balaban J connectivity index is 2.43. The molecule has 0 radical (unpaired) electrons. The molecule has 1 rings (SSSR count). The number of hydrogen-bond acceptors (Lipinski definition) is 2. The summed E-state index contributed by atoms with van der Waals surface area (Å²) in [6.45, 7) is 4.18.